The number of ketones is 2. The monoisotopic (exact) mass is 658 g/mol. The third-order valence-electron chi connectivity index (χ3n) is 10.1. The Morgan fingerprint density at radius 3 is 2.39 bits per heavy atom. The molecule has 2 saturated carbocycles. The number of ether oxygens (including phenoxy) is 1. The van der Waals surface area contributed by atoms with Crippen LogP contribution in [0.1, 0.15) is 46.0 Å². The highest BCUT2D eigenvalue weighted by atomic mass is 19.1. The lowest BCUT2D eigenvalue weighted by atomic mass is 9.45. The van der Waals surface area contributed by atoms with Crippen LogP contribution in [0, 0.1) is 42.9 Å². The molecule has 0 aromatic heterocycles. The van der Waals surface area contributed by atoms with Crippen molar-refractivity contribution in [3.63, 3.8) is 0 Å². The van der Waals surface area contributed by atoms with Gasteiger partial charge in [0, 0.05) is 36.1 Å². The number of Topliss-reactive ketones (excluding diaryl/α,β-unsaturated/α-hetero) is 1. The third kappa shape index (κ3) is 5.77. The number of rotatable bonds is 12. The minimum absolute atomic E-state index is 0.00440. The standard InChI is InChI=1S/C27H35FN4O14/c1-24-7-5-15(33)9-14(24)3-4-16-17-10-18(34)27(39,25(17,2)11-19(35)26(16,24)28)20(36)13-44-23(38)30-12-21(37)29-8-6-22(45-31(40)41)46-32(42)43/h3,5,7,16-19,22,34-35,39H,4,6,8-13H2,1-2H3,(H,29,37)(H,30,38)/t16-,17-,18+,19-,24-,25-,26-,27-/m0/s1. The topological polar surface area (TPSA) is 267 Å². The minimum Gasteiger partial charge on any atom is -0.441 e. The van der Waals surface area contributed by atoms with Crippen LogP contribution in [0.25, 0.3) is 0 Å². The van der Waals surface area contributed by atoms with E-state index >= 15 is 4.39 Å². The van der Waals surface area contributed by atoms with Crippen molar-refractivity contribution < 1.29 is 63.5 Å². The van der Waals surface area contributed by atoms with Crippen molar-refractivity contribution in [1.82, 2.24) is 10.6 Å². The molecule has 0 unspecified atom stereocenters. The van der Waals surface area contributed by atoms with E-state index in [0.29, 0.717) is 5.57 Å². The summed E-state index contributed by atoms with van der Waals surface area (Å²) in [6, 6.07) is 0. The van der Waals surface area contributed by atoms with Gasteiger partial charge in [0.05, 0.1) is 18.8 Å². The van der Waals surface area contributed by atoms with Crippen molar-refractivity contribution in [3.05, 3.63) is 44.0 Å². The van der Waals surface area contributed by atoms with Crippen molar-refractivity contribution >= 4 is 23.6 Å². The largest absolute Gasteiger partial charge is 0.441 e. The third-order valence-corrected chi connectivity index (χ3v) is 10.1. The number of hydrogen-bond donors (Lipinski definition) is 5. The van der Waals surface area contributed by atoms with E-state index in [1.165, 1.54) is 19.1 Å². The van der Waals surface area contributed by atoms with Gasteiger partial charge >= 0.3 is 6.09 Å². The predicted molar refractivity (Wildman–Crippen MR) is 147 cm³/mol. The molecule has 2 fully saturated rings. The summed E-state index contributed by atoms with van der Waals surface area (Å²) >= 11 is 0. The maximum absolute atomic E-state index is 17.2. The fourth-order valence-electron chi connectivity index (χ4n) is 7.79. The van der Waals surface area contributed by atoms with E-state index < -0.39 is 106 Å². The van der Waals surface area contributed by atoms with E-state index in [0.717, 1.165) is 0 Å². The van der Waals surface area contributed by atoms with Crippen molar-refractivity contribution in [2.24, 2.45) is 22.7 Å². The molecule has 5 N–H and O–H groups in total. The molecule has 254 valence electrons. The summed E-state index contributed by atoms with van der Waals surface area (Å²) in [4.78, 5) is 78.2. The number of aliphatic hydroxyl groups is 3. The van der Waals surface area contributed by atoms with E-state index in [2.05, 4.69) is 15.0 Å². The summed E-state index contributed by atoms with van der Waals surface area (Å²) < 4.78 is 22.0. The minimum atomic E-state index is -2.53. The van der Waals surface area contributed by atoms with Crippen LogP contribution in [0.5, 0.6) is 0 Å². The highest BCUT2D eigenvalue weighted by Crippen LogP contribution is 2.69. The lowest BCUT2D eigenvalue weighted by Gasteiger charge is -2.61. The van der Waals surface area contributed by atoms with Crippen LogP contribution in [0.4, 0.5) is 9.18 Å². The normalized spacial score (nSPS) is 36.0. The van der Waals surface area contributed by atoms with E-state index in [1.54, 1.807) is 13.0 Å². The highest BCUT2D eigenvalue weighted by molar-refractivity contribution is 5.94. The number of amides is 2. The number of alkyl halides is 1. The molecule has 4 aliphatic carbocycles. The summed E-state index contributed by atoms with van der Waals surface area (Å²) in [5, 5.41) is 56.4. The number of carbonyl (C=O) groups is 4. The highest BCUT2D eigenvalue weighted by Gasteiger charge is 2.76. The SMILES string of the molecule is C[C@]12C=CC(=O)CC1=CC[C@H]1[C@@H]3C[C@@H](O)[C@](O)(C(=O)COC(=O)NCC(=O)NCCC(O[N+](=O)[O-])O[N+](=O)[O-])[C@@]3(C)C[C@H](O)[C@@]12F. The number of nitrogens with one attached hydrogen (secondary N) is 2. The molecular weight excluding hydrogens is 623 g/mol. The Bertz CT molecular complexity index is 1360. The molecule has 8 atom stereocenters. The molecule has 46 heavy (non-hydrogen) atoms. The van der Waals surface area contributed by atoms with Gasteiger partial charge in [-0.3, -0.25) is 24.1 Å². The lowest BCUT2D eigenvalue weighted by molar-refractivity contribution is -0.851. The van der Waals surface area contributed by atoms with E-state index in [9.17, 15) is 54.7 Å². The van der Waals surface area contributed by atoms with Crippen LogP contribution in [0.15, 0.2) is 23.8 Å². The second-order valence-corrected chi connectivity index (χ2v) is 12.4. The summed E-state index contributed by atoms with van der Waals surface area (Å²) in [5.41, 5.74) is -7.11. The van der Waals surface area contributed by atoms with Crippen molar-refractivity contribution in [2.45, 2.75) is 75.7 Å². The second kappa shape index (κ2) is 12.5. The zero-order valence-corrected chi connectivity index (χ0v) is 24.9. The molecule has 0 bridgehead atoms. The number of fused-ring (bicyclic) bond motifs is 5. The fraction of sp³-hybridized carbons (Fsp3) is 0.704. The number of allylic oxidation sites excluding steroid dienone is 4. The summed E-state index contributed by atoms with van der Waals surface area (Å²) in [5.74, 6) is -3.87. The molecule has 0 aromatic rings. The number of aliphatic hydroxyl groups excluding tert-OH is 2. The van der Waals surface area contributed by atoms with E-state index in [4.69, 9.17) is 4.74 Å². The molecule has 4 aliphatic rings. The van der Waals surface area contributed by atoms with Gasteiger partial charge < -0.3 is 30.7 Å². The molecule has 2 amide bonds. The Hall–Kier alpha value is -4.23. The zero-order chi connectivity index (χ0) is 34.2. The average molecular weight is 659 g/mol. The van der Waals surface area contributed by atoms with Crippen molar-refractivity contribution in [2.75, 3.05) is 19.7 Å². The van der Waals surface area contributed by atoms with Crippen LogP contribution in [0.3, 0.4) is 0 Å². The van der Waals surface area contributed by atoms with Crippen LogP contribution in [-0.4, -0.2) is 98.5 Å². The molecule has 0 spiro atoms. The first-order chi connectivity index (χ1) is 21.4. The molecule has 19 heteroatoms. The van der Waals surface area contributed by atoms with Gasteiger partial charge in [-0.25, -0.2) is 9.18 Å². The smallest absolute Gasteiger partial charge is 0.408 e. The van der Waals surface area contributed by atoms with Crippen molar-refractivity contribution in [3.8, 4) is 0 Å². The number of nitrogens with zero attached hydrogens (tertiary/aromatic N) is 2. The van der Waals surface area contributed by atoms with Crippen LogP contribution < -0.4 is 10.6 Å². The fourth-order valence-corrected chi connectivity index (χ4v) is 7.79. The Labute approximate surface area is 260 Å². The Morgan fingerprint density at radius 2 is 1.76 bits per heavy atom. The number of alkyl carbamates (subject to hydrolysis) is 1. The van der Waals surface area contributed by atoms with Crippen LogP contribution in [-0.2, 0) is 28.8 Å². The Kier molecular flexibility index (Phi) is 9.43. The van der Waals surface area contributed by atoms with Gasteiger partial charge in [-0.05, 0) is 38.2 Å². The first-order valence-electron chi connectivity index (χ1n) is 14.4. The maximum atomic E-state index is 17.2. The molecule has 0 aromatic carbocycles. The second-order valence-electron chi connectivity index (χ2n) is 12.4. The first-order valence-corrected chi connectivity index (χ1v) is 14.4. The molecule has 4 rings (SSSR count). The predicted octanol–water partition coefficient (Wildman–Crippen LogP) is -0.397. The molecular formula is C27H35FN4O14. The summed E-state index contributed by atoms with van der Waals surface area (Å²) in [6.07, 6.45) is -3.07. The zero-order valence-electron chi connectivity index (χ0n) is 24.9. The quantitative estimate of drug-likeness (QED) is 0.0773. The Morgan fingerprint density at radius 1 is 1.11 bits per heavy atom. The van der Waals surface area contributed by atoms with Gasteiger partial charge in [-0.15, -0.1) is 20.2 Å². The molecule has 0 heterocycles. The molecule has 18 nitrogen and oxygen atoms in total. The maximum Gasteiger partial charge on any atom is 0.408 e. The van der Waals surface area contributed by atoms with Crippen LogP contribution in [0.2, 0.25) is 0 Å². The van der Waals surface area contributed by atoms with Gasteiger partial charge in [-0.2, -0.15) is 0 Å². The van der Waals surface area contributed by atoms with E-state index in [-0.39, 0.29) is 31.6 Å². The van der Waals surface area contributed by atoms with Gasteiger partial charge in [0.1, 0.15) is 0 Å². The van der Waals surface area contributed by atoms with E-state index in [1.807, 2.05) is 5.32 Å². The van der Waals surface area contributed by atoms with Gasteiger partial charge in [0.25, 0.3) is 16.5 Å². The lowest BCUT2D eigenvalue weighted by Crippen LogP contribution is -2.69. The summed E-state index contributed by atoms with van der Waals surface area (Å²) in [6.45, 7) is 0.927. The first kappa shape index (κ1) is 34.6. The molecule has 0 radical (unpaired) electrons. The number of hydrogen-bond acceptors (Lipinski definition) is 14. The number of carbonyl (C=O) groups excluding carboxylic acids is 4. The molecule has 0 saturated heterocycles. The Balaban J connectivity index is 1.35. The van der Waals surface area contributed by atoms with Crippen LogP contribution >= 0.6 is 0 Å². The van der Waals surface area contributed by atoms with Gasteiger partial charge in [-0.1, -0.05) is 24.6 Å². The average Bonchev–Trinajstić information content (AvgIpc) is 3.16. The summed E-state index contributed by atoms with van der Waals surface area (Å²) in [7, 11) is 0. The van der Waals surface area contributed by atoms with Crippen molar-refractivity contribution in [1.29, 1.82) is 0 Å². The molecule has 0 aliphatic heterocycles. The van der Waals surface area contributed by atoms with Gasteiger partial charge in [0.2, 0.25) is 11.7 Å². The van der Waals surface area contributed by atoms with Gasteiger partial charge in [0.15, 0.2) is 23.7 Å². The number of halogens is 1.